The molecule has 0 radical (unpaired) electrons. The fourth-order valence-electron chi connectivity index (χ4n) is 3.81. The van der Waals surface area contributed by atoms with Crippen LogP contribution >= 0.6 is 0 Å². The Morgan fingerprint density at radius 2 is 2.07 bits per heavy atom. The summed E-state index contributed by atoms with van der Waals surface area (Å²) >= 11 is 0. The van der Waals surface area contributed by atoms with Gasteiger partial charge in [-0.25, -0.2) is 0 Å². The van der Waals surface area contributed by atoms with E-state index in [0.29, 0.717) is 29.4 Å². The molecular weight excluding hydrogens is 364 g/mol. The maximum Gasteiger partial charge on any atom is 0.312 e. The van der Waals surface area contributed by atoms with Crippen LogP contribution in [0.15, 0.2) is 18.2 Å². The molecule has 28 heavy (non-hydrogen) atoms. The predicted molar refractivity (Wildman–Crippen MR) is 102 cm³/mol. The molecule has 0 bridgehead atoms. The number of methoxy groups -OCH3 is 2. The summed E-state index contributed by atoms with van der Waals surface area (Å²) in [5.74, 6) is 1.23. The molecule has 1 fully saturated rings. The molecule has 0 saturated carbocycles. The van der Waals surface area contributed by atoms with Crippen LogP contribution in [0.1, 0.15) is 35.8 Å². The van der Waals surface area contributed by atoms with Gasteiger partial charge < -0.3 is 14.4 Å². The fraction of sp³-hybridized carbons (Fsp3) is 0.474. The third kappa shape index (κ3) is 3.51. The van der Waals surface area contributed by atoms with Crippen LogP contribution in [0.2, 0.25) is 0 Å². The van der Waals surface area contributed by atoms with E-state index < -0.39 is 4.92 Å². The number of ether oxygens (including phenoxy) is 2. The Morgan fingerprint density at radius 1 is 1.32 bits per heavy atom. The van der Waals surface area contributed by atoms with Crippen LogP contribution in [0, 0.1) is 24.0 Å². The van der Waals surface area contributed by atoms with Crippen molar-refractivity contribution < 1.29 is 19.2 Å². The highest BCUT2D eigenvalue weighted by atomic mass is 16.6. The van der Waals surface area contributed by atoms with Gasteiger partial charge in [-0.1, -0.05) is 0 Å². The highest BCUT2D eigenvalue weighted by Crippen LogP contribution is 2.39. The Morgan fingerprint density at radius 3 is 2.68 bits per heavy atom. The average Bonchev–Trinajstić information content (AvgIpc) is 3.25. The third-order valence-electron chi connectivity index (χ3n) is 5.18. The summed E-state index contributed by atoms with van der Waals surface area (Å²) < 4.78 is 12.2. The van der Waals surface area contributed by atoms with E-state index in [1.54, 1.807) is 39.0 Å². The highest BCUT2D eigenvalue weighted by Gasteiger charge is 2.33. The zero-order valence-corrected chi connectivity index (χ0v) is 16.5. The first-order chi connectivity index (χ1) is 13.4. The van der Waals surface area contributed by atoms with Gasteiger partial charge in [0.2, 0.25) is 5.91 Å². The molecule has 2 aromatic rings. The molecule has 1 unspecified atom stereocenters. The van der Waals surface area contributed by atoms with Gasteiger partial charge in [-0.05, 0) is 38.8 Å². The van der Waals surface area contributed by atoms with Crippen molar-refractivity contribution in [3.05, 3.63) is 45.3 Å². The Labute approximate surface area is 163 Å². The van der Waals surface area contributed by atoms with Crippen molar-refractivity contribution in [1.82, 2.24) is 14.7 Å². The van der Waals surface area contributed by atoms with Crippen LogP contribution < -0.4 is 9.47 Å². The molecule has 0 spiro atoms. The van der Waals surface area contributed by atoms with Gasteiger partial charge in [-0.3, -0.25) is 19.6 Å². The molecule has 1 aliphatic rings. The number of amides is 1. The van der Waals surface area contributed by atoms with Crippen LogP contribution in [-0.2, 0) is 11.3 Å². The van der Waals surface area contributed by atoms with E-state index in [-0.39, 0.29) is 24.2 Å². The maximum atomic E-state index is 13.0. The summed E-state index contributed by atoms with van der Waals surface area (Å²) in [4.78, 5) is 25.5. The van der Waals surface area contributed by atoms with Gasteiger partial charge in [0, 0.05) is 18.2 Å². The Kier molecular flexibility index (Phi) is 5.53. The monoisotopic (exact) mass is 388 g/mol. The second kappa shape index (κ2) is 7.87. The first-order valence-corrected chi connectivity index (χ1v) is 9.07. The van der Waals surface area contributed by atoms with Crippen LogP contribution in [0.3, 0.4) is 0 Å². The predicted octanol–water partition coefficient (Wildman–Crippen LogP) is 2.79. The first kappa shape index (κ1) is 19.7. The zero-order valence-electron chi connectivity index (χ0n) is 16.5. The molecule has 1 aromatic carbocycles. The van der Waals surface area contributed by atoms with Crippen molar-refractivity contribution >= 4 is 11.6 Å². The number of rotatable bonds is 6. The summed E-state index contributed by atoms with van der Waals surface area (Å²) in [5.41, 5.74) is 1.58. The summed E-state index contributed by atoms with van der Waals surface area (Å²) in [7, 11) is 3.18. The summed E-state index contributed by atoms with van der Waals surface area (Å²) in [6, 6.07) is 5.46. The molecule has 0 N–H and O–H groups in total. The van der Waals surface area contributed by atoms with Gasteiger partial charge >= 0.3 is 5.69 Å². The van der Waals surface area contributed by atoms with E-state index >= 15 is 0 Å². The minimum absolute atomic E-state index is 0.0323. The largest absolute Gasteiger partial charge is 0.497 e. The minimum atomic E-state index is -0.459. The maximum absolute atomic E-state index is 13.0. The summed E-state index contributed by atoms with van der Waals surface area (Å²) in [6.07, 6.45) is 1.70. The van der Waals surface area contributed by atoms with Crippen LogP contribution in [0.25, 0.3) is 0 Å². The number of carbonyl (C=O) groups is 1. The van der Waals surface area contributed by atoms with E-state index in [9.17, 15) is 14.9 Å². The molecule has 1 saturated heterocycles. The lowest BCUT2D eigenvalue weighted by Crippen LogP contribution is -2.34. The Hall–Kier alpha value is -3.10. The van der Waals surface area contributed by atoms with Crippen molar-refractivity contribution in [1.29, 1.82) is 0 Å². The van der Waals surface area contributed by atoms with E-state index in [0.717, 1.165) is 18.4 Å². The lowest BCUT2D eigenvalue weighted by atomic mass is 10.0. The summed E-state index contributed by atoms with van der Waals surface area (Å²) in [5, 5.41) is 15.4. The second-order valence-corrected chi connectivity index (χ2v) is 6.79. The molecule has 9 nitrogen and oxygen atoms in total. The van der Waals surface area contributed by atoms with E-state index in [1.807, 2.05) is 12.1 Å². The number of likely N-dealkylation sites (tertiary alicyclic amines) is 1. The molecule has 1 aliphatic heterocycles. The van der Waals surface area contributed by atoms with Gasteiger partial charge in [-0.15, -0.1) is 0 Å². The lowest BCUT2D eigenvalue weighted by molar-refractivity contribution is -0.386. The highest BCUT2D eigenvalue weighted by molar-refractivity contribution is 5.77. The Balaban J connectivity index is 1.85. The SMILES string of the molecule is COc1ccc(C2CCCN2C(=O)Cn2nc(C)c([N+](=O)[O-])c2C)c(OC)c1. The molecule has 150 valence electrons. The number of carbonyl (C=O) groups excluding carboxylic acids is 1. The average molecular weight is 388 g/mol. The van der Waals surface area contributed by atoms with Gasteiger partial charge in [-0.2, -0.15) is 5.10 Å². The van der Waals surface area contributed by atoms with E-state index in [2.05, 4.69) is 5.10 Å². The van der Waals surface area contributed by atoms with Crippen LogP contribution in [0.4, 0.5) is 5.69 Å². The van der Waals surface area contributed by atoms with Gasteiger partial charge in [0.1, 0.15) is 29.4 Å². The molecule has 1 aromatic heterocycles. The second-order valence-electron chi connectivity index (χ2n) is 6.79. The van der Waals surface area contributed by atoms with Crippen molar-refractivity contribution in [2.45, 2.75) is 39.3 Å². The topological polar surface area (TPSA) is 99.7 Å². The van der Waals surface area contributed by atoms with Crippen LogP contribution in [-0.4, -0.2) is 46.3 Å². The number of aryl methyl sites for hydroxylation is 1. The van der Waals surface area contributed by atoms with E-state index in [4.69, 9.17) is 9.47 Å². The first-order valence-electron chi connectivity index (χ1n) is 9.07. The molecule has 1 amide bonds. The number of hydrogen-bond acceptors (Lipinski definition) is 6. The van der Waals surface area contributed by atoms with Gasteiger partial charge in [0.05, 0.1) is 25.2 Å². The molecule has 0 aliphatic carbocycles. The smallest absolute Gasteiger partial charge is 0.312 e. The van der Waals surface area contributed by atoms with Gasteiger partial charge in [0.15, 0.2) is 0 Å². The number of aromatic nitrogens is 2. The number of nitro groups is 1. The van der Waals surface area contributed by atoms with Crippen molar-refractivity contribution in [3.63, 3.8) is 0 Å². The molecule has 1 atom stereocenters. The molecule has 3 rings (SSSR count). The van der Waals surface area contributed by atoms with Crippen molar-refractivity contribution in [2.75, 3.05) is 20.8 Å². The number of benzene rings is 1. The molecule has 2 heterocycles. The normalized spacial score (nSPS) is 16.3. The Bertz CT molecular complexity index is 908. The van der Waals surface area contributed by atoms with Gasteiger partial charge in [0.25, 0.3) is 0 Å². The van der Waals surface area contributed by atoms with Crippen molar-refractivity contribution in [2.24, 2.45) is 0 Å². The fourth-order valence-corrected chi connectivity index (χ4v) is 3.81. The zero-order chi connectivity index (χ0) is 20.4. The minimum Gasteiger partial charge on any atom is -0.497 e. The number of nitrogens with zero attached hydrogens (tertiary/aromatic N) is 4. The van der Waals surface area contributed by atoms with Crippen LogP contribution in [0.5, 0.6) is 11.5 Å². The number of hydrogen-bond donors (Lipinski definition) is 0. The lowest BCUT2D eigenvalue weighted by Gasteiger charge is -2.26. The molecular formula is C19H24N4O5. The van der Waals surface area contributed by atoms with Crippen molar-refractivity contribution in [3.8, 4) is 11.5 Å². The quantitative estimate of drug-likeness (QED) is 0.557. The summed E-state index contributed by atoms with van der Waals surface area (Å²) in [6.45, 7) is 3.78. The molecule has 9 heteroatoms. The standard InChI is InChI=1S/C19H24N4O5/c1-12-19(23(25)26)13(2)22(20-12)11-18(24)21-9-5-6-16(21)15-8-7-14(27-3)10-17(15)28-4/h7-8,10,16H,5-6,9,11H2,1-4H3. The third-order valence-corrected chi connectivity index (χ3v) is 5.18. The van der Waals surface area contributed by atoms with E-state index in [1.165, 1.54) is 4.68 Å².